The van der Waals surface area contributed by atoms with Crippen LogP contribution in [0.5, 0.6) is 5.75 Å². The van der Waals surface area contributed by atoms with Gasteiger partial charge in [0.15, 0.2) is 0 Å². The monoisotopic (exact) mass is 552 g/mol. The Labute approximate surface area is 220 Å². The number of carbonyl (C=O) groups excluding carboxylic acids is 2. The Bertz CT molecular complexity index is 1210. The molecule has 2 amide bonds. The molecule has 1 saturated heterocycles. The van der Waals surface area contributed by atoms with Gasteiger partial charge in [-0.3, -0.25) is 9.59 Å². The second-order valence-electron chi connectivity index (χ2n) is 9.22. The summed E-state index contributed by atoms with van der Waals surface area (Å²) in [5.74, 6) is 0.753. The van der Waals surface area contributed by atoms with E-state index in [1.807, 2.05) is 55.5 Å². The zero-order valence-corrected chi connectivity index (χ0v) is 22.3. The van der Waals surface area contributed by atoms with Crippen molar-refractivity contribution in [3.05, 3.63) is 70.2 Å². The minimum absolute atomic E-state index is 0.00638. The van der Waals surface area contributed by atoms with Crippen LogP contribution in [0.4, 0.5) is 5.69 Å². The predicted molar refractivity (Wildman–Crippen MR) is 147 cm³/mol. The number of hydrogen-bond acceptors (Lipinski definition) is 5. The van der Waals surface area contributed by atoms with Gasteiger partial charge in [-0.15, -0.1) is 0 Å². The molecule has 0 bridgehead atoms. The molecule has 3 aromatic rings. The maximum Gasteiger partial charge on any atom is 0.234 e. The van der Waals surface area contributed by atoms with Gasteiger partial charge in [0, 0.05) is 40.9 Å². The van der Waals surface area contributed by atoms with Crippen molar-refractivity contribution < 1.29 is 14.3 Å². The summed E-state index contributed by atoms with van der Waals surface area (Å²) >= 11 is 3.54. The van der Waals surface area contributed by atoms with Crippen molar-refractivity contribution in [1.29, 1.82) is 0 Å². The van der Waals surface area contributed by atoms with Crippen LogP contribution >= 0.6 is 15.9 Å². The highest BCUT2D eigenvalue weighted by atomic mass is 79.9. The first-order valence-electron chi connectivity index (χ1n) is 12.3. The van der Waals surface area contributed by atoms with Gasteiger partial charge >= 0.3 is 0 Å². The number of hydrogen-bond donors (Lipinski definition) is 3. The molecule has 0 radical (unpaired) electrons. The zero-order chi connectivity index (χ0) is 25.5. The third-order valence-corrected chi connectivity index (χ3v) is 7.11. The van der Waals surface area contributed by atoms with Crippen LogP contribution < -0.4 is 25.6 Å². The highest BCUT2D eigenvalue weighted by Crippen LogP contribution is 2.33. The Balaban J connectivity index is 1.46. The molecule has 1 aliphatic heterocycles. The Hall–Kier alpha value is -2.94. The lowest BCUT2D eigenvalue weighted by atomic mass is 10.0. The average molecular weight is 554 g/mol. The van der Waals surface area contributed by atoms with E-state index in [2.05, 4.69) is 37.9 Å². The van der Waals surface area contributed by atoms with Crippen LogP contribution in [-0.4, -0.2) is 51.1 Å². The quantitative estimate of drug-likeness (QED) is 0.298. The Morgan fingerprint density at radius 3 is 2.75 bits per heavy atom. The zero-order valence-electron chi connectivity index (χ0n) is 20.7. The molecule has 4 rings (SSSR count). The molecular weight excluding hydrogens is 520 g/mol. The standard InChI is InChI=1S/C28H33BrN4O3/c1-19(32-28(35)16-31-23-14-30-15-23)7-8-20-5-3-4-6-26(20)33(18-34)17-25-24-11-10-22(29)13-21(24)9-12-27(25)36-2/h3-6,9-13,18-19,23,30-31H,7-8,14-17H2,1-2H3,(H,32,35). The number of halogens is 1. The fraction of sp³-hybridized carbons (Fsp3) is 0.357. The number of amides is 2. The molecule has 190 valence electrons. The number of methoxy groups -OCH3 is 1. The first-order chi connectivity index (χ1) is 17.5. The normalized spacial score (nSPS) is 14.2. The lowest BCUT2D eigenvalue weighted by Crippen LogP contribution is -2.57. The molecule has 1 heterocycles. The van der Waals surface area contributed by atoms with Crippen LogP contribution in [0.15, 0.2) is 59.1 Å². The van der Waals surface area contributed by atoms with Crippen molar-refractivity contribution in [2.45, 2.75) is 38.4 Å². The summed E-state index contributed by atoms with van der Waals surface area (Å²) in [5.41, 5.74) is 2.88. The number of nitrogens with zero attached hydrogens (tertiary/aromatic N) is 1. The van der Waals surface area contributed by atoms with E-state index in [0.717, 1.165) is 70.2 Å². The van der Waals surface area contributed by atoms with Crippen LogP contribution in [0.1, 0.15) is 24.5 Å². The maximum absolute atomic E-state index is 12.3. The number of fused-ring (bicyclic) bond motifs is 1. The van der Waals surface area contributed by atoms with Gasteiger partial charge < -0.3 is 25.6 Å². The van der Waals surface area contributed by atoms with E-state index in [4.69, 9.17) is 4.74 Å². The molecule has 1 unspecified atom stereocenters. The lowest BCUT2D eigenvalue weighted by Gasteiger charge is -2.28. The summed E-state index contributed by atoms with van der Waals surface area (Å²) in [7, 11) is 1.65. The molecule has 1 atom stereocenters. The van der Waals surface area contributed by atoms with Gasteiger partial charge in [0.05, 0.1) is 20.2 Å². The third-order valence-electron chi connectivity index (χ3n) is 6.61. The fourth-order valence-electron chi connectivity index (χ4n) is 4.49. The number of benzene rings is 3. The number of ether oxygens (including phenoxy) is 1. The van der Waals surface area contributed by atoms with E-state index in [1.165, 1.54) is 0 Å². The summed E-state index contributed by atoms with van der Waals surface area (Å²) in [4.78, 5) is 26.3. The second-order valence-corrected chi connectivity index (χ2v) is 10.1. The summed E-state index contributed by atoms with van der Waals surface area (Å²) in [6.45, 7) is 4.55. The number of carbonyl (C=O) groups is 2. The Kier molecular flexibility index (Phi) is 8.96. The SMILES string of the molecule is COc1ccc2cc(Br)ccc2c1CN(C=O)c1ccccc1CCC(C)NC(=O)CNC1CNC1. The summed E-state index contributed by atoms with van der Waals surface area (Å²) in [6, 6.07) is 18.4. The number of anilines is 1. The predicted octanol–water partition coefficient (Wildman–Crippen LogP) is 3.77. The summed E-state index contributed by atoms with van der Waals surface area (Å²) in [5, 5.41) is 11.6. The highest BCUT2D eigenvalue weighted by Gasteiger charge is 2.19. The van der Waals surface area contributed by atoms with E-state index in [1.54, 1.807) is 12.0 Å². The van der Waals surface area contributed by atoms with Crippen LogP contribution in [0, 0.1) is 0 Å². The van der Waals surface area contributed by atoms with Crippen molar-refractivity contribution in [1.82, 2.24) is 16.0 Å². The van der Waals surface area contributed by atoms with Crippen LogP contribution in [-0.2, 0) is 22.6 Å². The van der Waals surface area contributed by atoms with E-state index in [0.29, 0.717) is 19.1 Å². The molecule has 1 aliphatic rings. The molecule has 36 heavy (non-hydrogen) atoms. The molecule has 0 spiro atoms. The van der Waals surface area contributed by atoms with Gasteiger partial charge in [-0.25, -0.2) is 0 Å². The van der Waals surface area contributed by atoms with Gasteiger partial charge in [-0.05, 0) is 60.4 Å². The number of nitrogens with one attached hydrogen (secondary N) is 3. The molecule has 3 N–H and O–H groups in total. The van der Waals surface area contributed by atoms with Gasteiger partial charge in [0.1, 0.15) is 5.75 Å². The molecule has 1 fully saturated rings. The summed E-state index contributed by atoms with van der Waals surface area (Å²) < 4.78 is 6.65. The van der Waals surface area contributed by atoms with Crippen LogP contribution in [0.2, 0.25) is 0 Å². The van der Waals surface area contributed by atoms with Crippen molar-refractivity contribution in [3.8, 4) is 5.75 Å². The molecule has 3 aromatic carbocycles. The maximum atomic E-state index is 12.3. The Morgan fingerprint density at radius 1 is 1.22 bits per heavy atom. The van der Waals surface area contributed by atoms with E-state index >= 15 is 0 Å². The number of para-hydroxylation sites is 1. The minimum atomic E-state index is 0.00638. The molecule has 0 aliphatic carbocycles. The molecule has 8 heteroatoms. The molecule has 0 aromatic heterocycles. The van der Waals surface area contributed by atoms with Gasteiger partial charge in [0.2, 0.25) is 12.3 Å². The molecular formula is C28H33BrN4O3. The van der Waals surface area contributed by atoms with Crippen molar-refractivity contribution in [2.24, 2.45) is 0 Å². The highest BCUT2D eigenvalue weighted by molar-refractivity contribution is 9.10. The smallest absolute Gasteiger partial charge is 0.234 e. The minimum Gasteiger partial charge on any atom is -0.496 e. The molecule has 0 saturated carbocycles. The first kappa shape index (κ1) is 26.1. The number of aryl methyl sites for hydroxylation is 1. The lowest BCUT2D eigenvalue weighted by molar-refractivity contribution is -0.121. The van der Waals surface area contributed by atoms with Crippen LogP contribution in [0.3, 0.4) is 0 Å². The fourth-order valence-corrected chi connectivity index (χ4v) is 4.87. The molecule has 7 nitrogen and oxygen atoms in total. The average Bonchev–Trinajstić information content (AvgIpc) is 2.85. The summed E-state index contributed by atoms with van der Waals surface area (Å²) in [6.07, 6.45) is 2.38. The van der Waals surface area contributed by atoms with E-state index < -0.39 is 0 Å². The van der Waals surface area contributed by atoms with Crippen LogP contribution in [0.25, 0.3) is 10.8 Å². The van der Waals surface area contributed by atoms with Crippen molar-refractivity contribution >= 4 is 44.7 Å². The second kappa shape index (κ2) is 12.3. The van der Waals surface area contributed by atoms with Gasteiger partial charge in [0.25, 0.3) is 0 Å². The largest absolute Gasteiger partial charge is 0.496 e. The first-order valence-corrected chi connectivity index (χ1v) is 13.1. The van der Waals surface area contributed by atoms with Crippen molar-refractivity contribution in [3.63, 3.8) is 0 Å². The van der Waals surface area contributed by atoms with Gasteiger partial charge in [-0.1, -0.05) is 46.3 Å². The Morgan fingerprint density at radius 2 is 2.03 bits per heavy atom. The van der Waals surface area contributed by atoms with E-state index in [-0.39, 0.29) is 11.9 Å². The number of rotatable bonds is 12. The van der Waals surface area contributed by atoms with Crippen molar-refractivity contribution in [2.75, 3.05) is 31.6 Å². The topological polar surface area (TPSA) is 82.7 Å². The van der Waals surface area contributed by atoms with E-state index in [9.17, 15) is 9.59 Å². The van der Waals surface area contributed by atoms with Gasteiger partial charge in [-0.2, -0.15) is 0 Å². The third kappa shape index (κ3) is 6.43.